The predicted molar refractivity (Wildman–Crippen MR) is 43.1 cm³/mol. The number of hydrogen-bond acceptors (Lipinski definition) is 2. The van der Waals surface area contributed by atoms with Crippen LogP contribution in [0.25, 0.3) is 0 Å². The summed E-state index contributed by atoms with van der Waals surface area (Å²) in [4.78, 5) is 10.7. The summed E-state index contributed by atoms with van der Waals surface area (Å²) in [7, 11) is 1.45. The number of hydrogen-bond donors (Lipinski definition) is 0. The molecule has 1 fully saturated rings. The highest BCUT2D eigenvalue weighted by atomic mass is 16.5. The van der Waals surface area contributed by atoms with E-state index in [1.807, 2.05) is 0 Å². The molecular formula is C9H16O2. The van der Waals surface area contributed by atoms with E-state index < -0.39 is 0 Å². The van der Waals surface area contributed by atoms with Gasteiger partial charge in [0.1, 0.15) is 0 Å². The van der Waals surface area contributed by atoms with Crippen LogP contribution in [-0.2, 0) is 9.53 Å². The van der Waals surface area contributed by atoms with E-state index in [1.54, 1.807) is 0 Å². The molecule has 0 aromatic heterocycles. The molecule has 11 heavy (non-hydrogen) atoms. The fourth-order valence-corrected chi connectivity index (χ4v) is 1.73. The Labute approximate surface area is 67.9 Å². The van der Waals surface area contributed by atoms with Crippen molar-refractivity contribution in [2.24, 2.45) is 11.8 Å². The van der Waals surface area contributed by atoms with E-state index in [2.05, 4.69) is 11.7 Å². The second-order valence-corrected chi connectivity index (χ2v) is 3.56. The molecule has 0 saturated heterocycles. The summed E-state index contributed by atoms with van der Waals surface area (Å²) in [5.41, 5.74) is 0. The van der Waals surface area contributed by atoms with Gasteiger partial charge in [0.25, 0.3) is 0 Å². The summed E-state index contributed by atoms with van der Waals surface area (Å²) in [6, 6.07) is 0. The van der Waals surface area contributed by atoms with Crippen LogP contribution in [0.4, 0.5) is 0 Å². The summed E-state index contributed by atoms with van der Waals surface area (Å²) in [5, 5.41) is 0. The van der Waals surface area contributed by atoms with Gasteiger partial charge in [0.2, 0.25) is 0 Å². The van der Waals surface area contributed by atoms with Gasteiger partial charge < -0.3 is 4.74 Å². The van der Waals surface area contributed by atoms with Crippen LogP contribution in [0, 0.1) is 11.8 Å². The average molecular weight is 156 g/mol. The van der Waals surface area contributed by atoms with Crippen LogP contribution < -0.4 is 0 Å². The number of esters is 1. The van der Waals surface area contributed by atoms with Crippen molar-refractivity contribution in [2.45, 2.75) is 32.6 Å². The van der Waals surface area contributed by atoms with Crippen molar-refractivity contribution in [1.29, 1.82) is 0 Å². The van der Waals surface area contributed by atoms with Gasteiger partial charge in [0.05, 0.1) is 7.11 Å². The van der Waals surface area contributed by atoms with Crippen molar-refractivity contribution in [2.75, 3.05) is 7.11 Å². The third kappa shape index (κ3) is 2.52. The van der Waals surface area contributed by atoms with E-state index in [0.29, 0.717) is 6.42 Å². The Morgan fingerprint density at radius 1 is 1.55 bits per heavy atom. The summed E-state index contributed by atoms with van der Waals surface area (Å²) >= 11 is 0. The highest BCUT2D eigenvalue weighted by Crippen LogP contribution is 2.36. The van der Waals surface area contributed by atoms with Crippen LogP contribution in [0.1, 0.15) is 32.6 Å². The van der Waals surface area contributed by atoms with Gasteiger partial charge in [-0.05, 0) is 31.1 Å². The minimum absolute atomic E-state index is 0.0652. The molecule has 0 bridgehead atoms. The Kier molecular flexibility index (Phi) is 2.92. The molecule has 2 heteroatoms. The summed E-state index contributed by atoms with van der Waals surface area (Å²) in [5.74, 6) is 1.62. The molecular weight excluding hydrogens is 140 g/mol. The lowest BCUT2D eigenvalue weighted by atomic mass is 9.74. The van der Waals surface area contributed by atoms with Crippen LogP contribution in [0.2, 0.25) is 0 Å². The van der Waals surface area contributed by atoms with Crippen molar-refractivity contribution >= 4 is 5.97 Å². The molecule has 1 rings (SSSR count). The van der Waals surface area contributed by atoms with Crippen molar-refractivity contribution in [3.05, 3.63) is 0 Å². The molecule has 0 N–H and O–H groups in total. The first-order chi connectivity index (χ1) is 5.22. The van der Waals surface area contributed by atoms with Gasteiger partial charge in [0.15, 0.2) is 0 Å². The maximum atomic E-state index is 10.7. The third-order valence-electron chi connectivity index (χ3n) is 2.46. The van der Waals surface area contributed by atoms with E-state index >= 15 is 0 Å². The molecule has 0 atom stereocenters. The maximum Gasteiger partial charge on any atom is 0.305 e. The fraction of sp³-hybridized carbons (Fsp3) is 0.889. The minimum atomic E-state index is -0.0652. The summed E-state index contributed by atoms with van der Waals surface area (Å²) in [6.45, 7) is 2.26. The van der Waals surface area contributed by atoms with Crippen LogP contribution in [0.15, 0.2) is 0 Å². The Balaban J connectivity index is 2.00. The fourth-order valence-electron chi connectivity index (χ4n) is 1.73. The molecule has 1 saturated carbocycles. The van der Waals surface area contributed by atoms with Gasteiger partial charge in [-0.15, -0.1) is 0 Å². The van der Waals surface area contributed by atoms with Crippen LogP contribution in [0.5, 0.6) is 0 Å². The minimum Gasteiger partial charge on any atom is -0.469 e. The van der Waals surface area contributed by atoms with E-state index in [9.17, 15) is 4.79 Å². The topological polar surface area (TPSA) is 26.3 Å². The van der Waals surface area contributed by atoms with Crippen LogP contribution in [-0.4, -0.2) is 13.1 Å². The average Bonchev–Trinajstić information content (AvgIpc) is 1.95. The predicted octanol–water partition coefficient (Wildman–Crippen LogP) is 1.99. The second-order valence-electron chi connectivity index (χ2n) is 3.56. The number of ether oxygens (including phenoxy) is 1. The molecule has 0 unspecified atom stereocenters. The first-order valence-electron chi connectivity index (χ1n) is 4.29. The van der Waals surface area contributed by atoms with Gasteiger partial charge in [-0.1, -0.05) is 6.92 Å². The Morgan fingerprint density at radius 3 is 2.64 bits per heavy atom. The first kappa shape index (κ1) is 8.57. The molecule has 0 aliphatic heterocycles. The lowest BCUT2D eigenvalue weighted by Gasteiger charge is -2.32. The molecule has 0 amide bonds. The zero-order valence-corrected chi connectivity index (χ0v) is 7.30. The SMILES string of the molecule is COC(=O)CCC1CC(C)C1. The molecule has 1 aliphatic rings. The molecule has 0 spiro atoms. The van der Waals surface area contributed by atoms with Crippen LogP contribution in [0.3, 0.4) is 0 Å². The number of rotatable bonds is 3. The lowest BCUT2D eigenvalue weighted by molar-refractivity contribution is -0.141. The second kappa shape index (κ2) is 3.74. The lowest BCUT2D eigenvalue weighted by Crippen LogP contribution is -2.21. The standard InChI is InChI=1S/C9H16O2/c1-7-5-8(6-7)3-4-9(10)11-2/h7-8H,3-6H2,1-2H3. The highest BCUT2D eigenvalue weighted by molar-refractivity contribution is 5.69. The highest BCUT2D eigenvalue weighted by Gasteiger charge is 2.25. The van der Waals surface area contributed by atoms with Gasteiger partial charge in [0, 0.05) is 6.42 Å². The van der Waals surface area contributed by atoms with Crippen molar-refractivity contribution in [3.63, 3.8) is 0 Å². The summed E-state index contributed by atoms with van der Waals surface area (Å²) in [6.07, 6.45) is 4.24. The molecule has 0 aromatic carbocycles. The Morgan fingerprint density at radius 2 is 2.18 bits per heavy atom. The quantitative estimate of drug-likeness (QED) is 0.584. The largest absolute Gasteiger partial charge is 0.469 e. The first-order valence-corrected chi connectivity index (χ1v) is 4.29. The number of carbonyl (C=O) groups excluding carboxylic acids is 1. The van der Waals surface area contributed by atoms with E-state index in [1.165, 1.54) is 20.0 Å². The monoisotopic (exact) mass is 156 g/mol. The zero-order valence-electron chi connectivity index (χ0n) is 7.30. The zero-order chi connectivity index (χ0) is 8.27. The Bertz CT molecular complexity index is 136. The molecule has 0 heterocycles. The molecule has 0 aromatic rings. The van der Waals surface area contributed by atoms with E-state index in [-0.39, 0.29) is 5.97 Å². The molecule has 64 valence electrons. The number of carbonyl (C=O) groups is 1. The van der Waals surface area contributed by atoms with Crippen molar-refractivity contribution in [3.8, 4) is 0 Å². The van der Waals surface area contributed by atoms with Crippen LogP contribution >= 0.6 is 0 Å². The van der Waals surface area contributed by atoms with Gasteiger partial charge in [-0.25, -0.2) is 0 Å². The van der Waals surface area contributed by atoms with Gasteiger partial charge >= 0.3 is 5.97 Å². The van der Waals surface area contributed by atoms with Crippen molar-refractivity contribution < 1.29 is 9.53 Å². The smallest absolute Gasteiger partial charge is 0.305 e. The Hall–Kier alpha value is -0.530. The van der Waals surface area contributed by atoms with Gasteiger partial charge in [-0.2, -0.15) is 0 Å². The molecule has 0 radical (unpaired) electrons. The maximum absolute atomic E-state index is 10.7. The third-order valence-corrected chi connectivity index (χ3v) is 2.46. The molecule has 2 nitrogen and oxygen atoms in total. The molecule has 1 aliphatic carbocycles. The summed E-state index contributed by atoms with van der Waals surface area (Å²) < 4.78 is 4.56. The normalized spacial score (nSPS) is 29.3. The van der Waals surface area contributed by atoms with E-state index in [0.717, 1.165) is 18.3 Å². The van der Waals surface area contributed by atoms with E-state index in [4.69, 9.17) is 0 Å². The number of methoxy groups -OCH3 is 1. The van der Waals surface area contributed by atoms with Crippen molar-refractivity contribution in [1.82, 2.24) is 0 Å². The van der Waals surface area contributed by atoms with Gasteiger partial charge in [-0.3, -0.25) is 4.79 Å².